The molecule has 3 saturated heterocycles. The number of halogens is 1. The average Bonchev–Trinajstić information content (AvgIpc) is 3.61. The lowest BCUT2D eigenvalue weighted by Gasteiger charge is -2.37. The first-order valence-corrected chi connectivity index (χ1v) is 15.3. The maximum Gasteiger partial charge on any atom is 0.312 e. The second-order valence-electron chi connectivity index (χ2n) is 11.5. The summed E-state index contributed by atoms with van der Waals surface area (Å²) >= 11 is 6.59. The molecule has 0 radical (unpaired) electrons. The Hall–Kier alpha value is -3.21. The van der Waals surface area contributed by atoms with Crippen LogP contribution in [0.2, 0.25) is 5.02 Å². The minimum absolute atomic E-state index is 0.0494. The van der Waals surface area contributed by atoms with Crippen LogP contribution in [0.1, 0.15) is 51.0 Å². The van der Waals surface area contributed by atoms with Crippen molar-refractivity contribution >= 4 is 41.0 Å². The third-order valence-electron chi connectivity index (χ3n) is 8.63. The topological polar surface area (TPSA) is 125 Å². The standard InChI is InChI=1S/C32H42ClN3O7/c1-5-7-13-24(38)34-19-21(4)42-31(41)25-23-14-15-32(43-23)26(25)29(39)36(17-8-9-18-37)28(32)30(40)35(16-6-2)27-20(3)11-10-12-22(27)33/h5-6,10-12,21,23,25-26,28,37H,1-2,7-9,13-19H2,3-4H3,(H,34,38)/t21-,23-,25+,26+,28-,32+/m0/s1. The van der Waals surface area contributed by atoms with Crippen LogP contribution in [0.3, 0.4) is 0 Å². The highest BCUT2D eigenvalue weighted by atomic mass is 35.5. The fraction of sp³-hybridized carbons (Fsp3) is 0.562. The number of allylic oxidation sites excluding steroid dienone is 1. The minimum Gasteiger partial charge on any atom is -0.460 e. The molecule has 11 heteroatoms. The summed E-state index contributed by atoms with van der Waals surface area (Å²) in [6.07, 6.45) is 4.76. The Kier molecular flexibility index (Phi) is 10.7. The fourth-order valence-electron chi connectivity index (χ4n) is 6.77. The molecule has 1 aromatic rings. The molecule has 2 N–H and O–H groups in total. The van der Waals surface area contributed by atoms with E-state index in [0.717, 1.165) is 5.56 Å². The lowest BCUT2D eigenvalue weighted by Crippen LogP contribution is -2.56. The summed E-state index contributed by atoms with van der Waals surface area (Å²) in [7, 11) is 0. The van der Waals surface area contributed by atoms with E-state index >= 15 is 0 Å². The number of unbranched alkanes of at least 4 members (excludes halogenated alkanes) is 1. The molecule has 3 heterocycles. The largest absolute Gasteiger partial charge is 0.460 e. The molecule has 1 spiro atoms. The Morgan fingerprint density at radius 1 is 1.30 bits per heavy atom. The van der Waals surface area contributed by atoms with Gasteiger partial charge >= 0.3 is 5.97 Å². The van der Waals surface area contributed by atoms with Crippen LogP contribution in [-0.4, -0.2) is 83.8 Å². The Bertz CT molecular complexity index is 1240. The van der Waals surface area contributed by atoms with E-state index < -0.39 is 41.7 Å². The molecular weight excluding hydrogens is 574 g/mol. The van der Waals surface area contributed by atoms with Crippen LogP contribution in [0.4, 0.5) is 5.69 Å². The van der Waals surface area contributed by atoms with Crippen LogP contribution in [0.5, 0.6) is 0 Å². The molecule has 43 heavy (non-hydrogen) atoms. The summed E-state index contributed by atoms with van der Waals surface area (Å²) in [4.78, 5) is 57.4. The lowest BCUT2D eigenvalue weighted by molar-refractivity contribution is -0.159. The molecule has 3 aliphatic rings. The number of carbonyl (C=O) groups is 4. The number of hydrogen-bond donors (Lipinski definition) is 2. The van der Waals surface area contributed by atoms with E-state index in [-0.39, 0.29) is 44.0 Å². The normalized spacial score (nSPS) is 26.1. The molecular formula is C32H42ClN3O7. The van der Waals surface area contributed by atoms with Crippen molar-refractivity contribution in [2.24, 2.45) is 11.8 Å². The zero-order chi connectivity index (χ0) is 31.3. The van der Waals surface area contributed by atoms with Gasteiger partial charge in [0.2, 0.25) is 11.8 Å². The van der Waals surface area contributed by atoms with E-state index in [1.54, 1.807) is 31.2 Å². The van der Waals surface area contributed by atoms with Crippen molar-refractivity contribution in [3.8, 4) is 0 Å². The molecule has 2 bridgehead atoms. The van der Waals surface area contributed by atoms with Gasteiger partial charge in [0.1, 0.15) is 17.7 Å². The SMILES string of the molecule is C=CCCC(=O)NC[C@H](C)OC(=O)[C@@H]1[C@@H]2CC[C@]3(O2)[C@H](C(=O)N(CC=C)c2c(C)cccc2Cl)N(CCCCO)C(=O)[C@@H]13. The predicted molar refractivity (Wildman–Crippen MR) is 162 cm³/mol. The van der Waals surface area contributed by atoms with Crippen LogP contribution in [0.25, 0.3) is 0 Å². The molecule has 3 fully saturated rings. The molecule has 10 nitrogen and oxygen atoms in total. The van der Waals surface area contributed by atoms with Gasteiger partial charge in [-0.2, -0.15) is 0 Å². The Labute approximate surface area is 258 Å². The molecule has 4 rings (SSSR count). The van der Waals surface area contributed by atoms with Crippen LogP contribution in [0.15, 0.2) is 43.5 Å². The number of benzene rings is 1. The lowest BCUT2D eigenvalue weighted by atomic mass is 9.70. The second-order valence-corrected chi connectivity index (χ2v) is 11.9. The molecule has 3 aliphatic heterocycles. The highest BCUT2D eigenvalue weighted by Gasteiger charge is 2.75. The number of nitrogens with one attached hydrogen (secondary N) is 1. The van der Waals surface area contributed by atoms with Gasteiger partial charge in [0.15, 0.2) is 0 Å². The summed E-state index contributed by atoms with van der Waals surface area (Å²) in [5.74, 6) is -3.22. The molecule has 0 aliphatic carbocycles. The fourth-order valence-corrected chi connectivity index (χ4v) is 7.09. The number of esters is 1. The minimum atomic E-state index is -1.21. The summed E-state index contributed by atoms with van der Waals surface area (Å²) in [5, 5.41) is 12.6. The summed E-state index contributed by atoms with van der Waals surface area (Å²) < 4.78 is 12.2. The van der Waals surface area contributed by atoms with Crippen LogP contribution < -0.4 is 10.2 Å². The average molecular weight is 616 g/mol. The van der Waals surface area contributed by atoms with Crippen molar-refractivity contribution in [2.45, 2.75) is 76.2 Å². The van der Waals surface area contributed by atoms with Gasteiger partial charge in [-0.1, -0.05) is 35.9 Å². The maximum atomic E-state index is 14.6. The third kappa shape index (κ3) is 6.37. The maximum absolute atomic E-state index is 14.6. The van der Waals surface area contributed by atoms with E-state index in [9.17, 15) is 24.3 Å². The van der Waals surface area contributed by atoms with Crippen molar-refractivity contribution in [1.82, 2.24) is 10.2 Å². The number of carbonyl (C=O) groups excluding carboxylic acids is 4. The Balaban J connectivity index is 1.62. The van der Waals surface area contributed by atoms with Crippen molar-refractivity contribution < 1.29 is 33.8 Å². The van der Waals surface area contributed by atoms with Gasteiger partial charge in [0.25, 0.3) is 5.91 Å². The zero-order valence-corrected chi connectivity index (χ0v) is 25.7. The number of nitrogens with zero attached hydrogens (tertiary/aromatic N) is 2. The van der Waals surface area contributed by atoms with Crippen molar-refractivity contribution in [3.63, 3.8) is 0 Å². The molecule has 3 amide bonds. The number of fused-ring (bicyclic) bond motifs is 1. The van der Waals surface area contributed by atoms with Crippen LogP contribution in [-0.2, 0) is 28.7 Å². The number of aryl methyl sites for hydroxylation is 1. The van der Waals surface area contributed by atoms with E-state index in [1.165, 1.54) is 9.80 Å². The van der Waals surface area contributed by atoms with E-state index in [2.05, 4.69) is 18.5 Å². The van der Waals surface area contributed by atoms with Gasteiger partial charge in [0.05, 0.1) is 35.2 Å². The number of amides is 3. The highest BCUT2D eigenvalue weighted by Crippen LogP contribution is 2.59. The molecule has 6 atom stereocenters. The monoisotopic (exact) mass is 615 g/mol. The number of likely N-dealkylation sites (tertiary alicyclic amines) is 1. The number of anilines is 1. The quantitative estimate of drug-likeness (QED) is 0.176. The van der Waals surface area contributed by atoms with Crippen molar-refractivity contribution in [1.29, 1.82) is 0 Å². The number of rotatable bonds is 15. The predicted octanol–water partition coefficient (Wildman–Crippen LogP) is 3.33. The van der Waals surface area contributed by atoms with Gasteiger partial charge < -0.3 is 29.7 Å². The number of para-hydroxylation sites is 1. The van der Waals surface area contributed by atoms with Gasteiger partial charge in [-0.25, -0.2) is 0 Å². The first-order valence-electron chi connectivity index (χ1n) is 15.0. The molecule has 0 aromatic heterocycles. The third-order valence-corrected chi connectivity index (χ3v) is 8.93. The van der Waals surface area contributed by atoms with Gasteiger partial charge in [0, 0.05) is 26.1 Å². The number of aliphatic hydroxyl groups is 1. The van der Waals surface area contributed by atoms with E-state index in [1.807, 2.05) is 13.0 Å². The molecule has 234 valence electrons. The summed E-state index contributed by atoms with van der Waals surface area (Å²) in [6.45, 7) is 11.4. The zero-order valence-electron chi connectivity index (χ0n) is 24.9. The molecule has 0 saturated carbocycles. The number of ether oxygens (including phenoxy) is 2. The first-order chi connectivity index (χ1) is 20.6. The van der Waals surface area contributed by atoms with E-state index in [4.69, 9.17) is 21.1 Å². The van der Waals surface area contributed by atoms with Crippen LogP contribution >= 0.6 is 11.6 Å². The molecule has 1 aromatic carbocycles. The highest BCUT2D eigenvalue weighted by molar-refractivity contribution is 6.34. The summed E-state index contributed by atoms with van der Waals surface area (Å²) in [5.41, 5.74) is 0.110. The first kappa shape index (κ1) is 32.7. The van der Waals surface area contributed by atoms with Gasteiger partial charge in [-0.15, -0.1) is 13.2 Å². The second kappa shape index (κ2) is 14.1. The Morgan fingerprint density at radius 2 is 2.07 bits per heavy atom. The van der Waals surface area contributed by atoms with Crippen molar-refractivity contribution in [3.05, 3.63) is 54.1 Å². The van der Waals surface area contributed by atoms with Crippen LogP contribution in [0, 0.1) is 18.8 Å². The number of hydrogen-bond acceptors (Lipinski definition) is 7. The Morgan fingerprint density at radius 3 is 2.74 bits per heavy atom. The summed E-state index contributed by atoms with van der Waals surface area (Å²) in [6, 6.07) is 4.37. The number of aliphatic hydroxyl groups excluding tert-OH is 1. The smallest absolute Gasteiger partial charge is 0.312 e. The van der Waals surface area contributed by atoms with E-state index in [0.29, 0.717) is 49.2 Å². The molecule has 0 unspecified atom stereocenters. The van der Waals surface area contributed by atoms with Gasteiger partial charge in [-0.3, -0.25) is 19.2 Å². The van der Waals surface area contributed by atoms with Crippen molar-refractivity contribution in [2.75, 3.05) is 31.1 Å². The van der Waals surface area contributed by atoms with Gasteiger partial charge in [-0.05, 0) is 57.6 Å².